The second-order valence-corrected chi connectivity index (χ2v) is 11.3. The Morgan fingerprint density at radius 2 is 1.84 bits per heavy atom. The lowest BCUT2D eigenvalue weighted by molar-refractivity contribution is -0.115. The molecule has 1 aliphatic heterocycles. The molecule has 3 aromatic carbocycles. The average Bonchev–Trinajstić information content (AvgIpc) is 2.87. The summed E-state index contributed by atoms with van der Waals surface area (Å²) >= 11 is 6.08. The first kappa shape index (κ1) is 27.6. The highest BCUT2D eigenvalue weighted by atomic mass is 35.5. The van der Waals surface area contributed by atoms with Crippen molar-refractivity contribution >= 4 is 33.2 Å². The minimum atomic E-state index is -3.68. The van der Waals surface area contributed by atoms with Crippen molar-refractivity contribution in [2.45, 2.75) is 44.0 Å². The zero-order valence-electron chi connectivity index (χ0n) is 21.1. The molecule has 1 aliphatic rings. The number of hydrogen-bond acceptors (Lipinski definition) is 6. The molecule has 8 nitrogen and oxygen atoms in total. The summed E-state index contributed by atoms with van der Waals surface area (Å²) in [7, 11) is -3.68. The number of rotatable bonds is 8. The van der Waals surface area contributed by atoms with Gasteiger partial charge in [0.2, 0.25) is 15.9 Å². The Morgan fingerprint density at radius 1 is 1.08 bits per heavy atom. The third-order valence-electron chi connectivity index (χ3n) is 6.17. The summed E-state index contributed by atoms with van der Waals surface area (Å²) in [6.07, 6.45) is 1.36. The molecule has 1 saturated heterocycles. The van der Waals surface area contributed by atoms with Crippen LogP contribution in [0, 0.1) is 25.2 Å². The number of aryl methyl sites for hydroxylation is 2. The van der Waals surface area contributed by atoms with E-state index < -0.39 is 10.0 Å². The Hall–Kier alpha value is -3.42. The first-order valence-electron chi connectivity index (χ1n) is 12.1. The van der Waals surface area contributed by atoms with E-state index in [0.717, 1.165) is 11.1 Å². The van der Waals surface area contributed by atoms with Crippen LogP contribution in [-0.2, 0) is 26.0 Å². The lowest BCUT2D eigenvalue weighted by Gasteiger charge is -2.23. The van der Waals surface area contributed by atoms with Gasteiger partial charge in [-0.25, -0.2) is 13.1 Å². The van der Waals surface area contributed by atoms with Crippen LogP contribution < -0.4 is 14.8 Å². The fraction of sp³-hybridized carbons (Fsp3) is 0.286. The zero-order chi connectivity index (χ0) is 27.3. The summed E-state index contributed by atoms with van der Waals surface area (Å²) < 4.78 is 39.6. The van der Waals surface area contributed by atoms with E-state index in [1.54, 1.807) is 43.3 Å². The largest absolute Gasteiger partial charge is 0.457 e. The molecular formula is C28H28ClN3O5S. The van der Waals surface area contributed by atoms with Gasteiger partial charge >= 0.3 is 0 Å². The number of halogens is 1. The van der Waals surface area contributed by atoms with Crippen LogP contribution in [0.15, 0.2) is 59.5 Å². The molecule has 3 aromatic rings. The maximum absolute atomic E-state index is 12.8. The zero-order valence-corrected chi connectivity index (χ0v) is 22.7. The number of ether oxygens (including phenoxy) is 2. The molecule has 1 fully saturated rings. The van der Waals surface area contributed by atoms with Gasteiger partial charge < -0.3 is 14.8 Å². The van der Waals surface area contributed by atoms with Gasteiger partial charge in [-0.1, -0.05) is 23.7 Å². The fourth-order valence-corrected chi connectivity index (χ4v) is 5.72. The van der Waals surface area contributed by atoms with Crippen molar-refractivity contribution < 1.29 is 22.7 Å². The third kappa shape index (κ3) is 7.11. The average molecular weight is 554 g/mol. The number of nitrogens with zero attached hydrogens (tertiary/aromatic N) is 1. The molecule has 0 saturated carbocycles. The number of carbonyl (C=O) groups excluding carboxylic acids is 1. The van der Waals surface area contributed by atoms with Crippen molar-refractivity contribution in [1.29, 1.82) is 5.26 Å². The van der Waals surface area contributed by atoms with Crippen molar-refractivity contribution in [3.05, 3.63) is 81.9 Å². The van der Waals surface area contributed by atoms with Crippen LogP contribution in [0.5, 0.6) is 11.5 Å². The fourth-order valence-electron chi connectivity index (χ4n) is 4.10. The van der Waals surface area contributed by atoms with E-state index in [-0.39, 0.29) is 23.3 Å². The normalized spacial score (nSPS) is 14.1. The number of sulfonamides is 1. The summed E-state index contributed by atoms with van der Waals surface area (Å²) in [5.74, 6) is 0.716. The van der Waals surface area contributed by atoms with Crippen molar-refractivity contribution in [1.82, 2.24) is 4.72 Å². The number of amides is 1. The maximum Gasteiger partial charge on any atom is 0.240 e. The molecule has 0 aromatic heterocycles. The molecule has 0 atom stereocenters. The Labute approximate surface area is 227 Å². The van der Waals surface area contributed by atoms with Crippen LogP contribution in [0.2, 0.25) is 5.02 Å². The number of carbonyl (C=O) groups is 1. The molecule has 38 heavy (non-hydrogen) atoms. The highest BCUT2D eigenvalue weighted by molar-refractivity contribution is 7.89. The number of benzene rings is 3. The monoisotopic (exact) mass is 553 g/mol. The van der Waals surface area contributed by atoms with E-state index in [2.05, 4.69) is 10.0 Å². The number of nitriles is 1. The standard InChI is InChI=1S/C28H28ClN3O5S/c1-18-3-4-20(14-27(18)37-24-13-21(17-30)12-22(29)16-24)15-28(33)31-26-6-5-25(11-19(26)2)38(34,35)32-23-7-9-36-10-8-23/h3-6,11-14,16,23,32H,7-10,15H2,1-2H3,(H,31,33). The molecule has 0 unspecified atom stereocenters. The van der Waals surface area contributed by atoms with E-state index in [1.165, 1.54) is 6.07 Å². The SMILES string of the molecule is Cc1cc(S(=O)(=O)NC2CCOCC2)ccc1NC(=O)Cc1ccc(C)c(Oc2cc(Cl)cc(C#N)c2)c1. The Bertz CT molecular complexity index is 1490. The Morgan fingerprint density at radius 3 is 2.55 bits per heavy atom. The van der Waals surface area contributed by atoms with Crippen molar-refractivity contribution in [2.75, 3.05) is 18.5 Å². The molecule has 0 aliphatic carbocycles. The lowest BCUT2D eigenvalue weighted by Crippen LogP contribution is -2.38. The molecule has 4 rings (SSSR count). The van der Waals surface area contributed by atoms with Crippen LogP contribution in [0.1, 0.15) is 35.1 Å². The second-order valence-electron chi connectivity index (χ2n) is 9.20. The van der Waals surface area contributed by atoms with Gasteiger partial charge in [0.1, 0.15) is 11.5 Å². The van der Waals surface area contributed by atoms with Crippen molar-refractivity contribution in [3.63, 3.8) is 0 Å². The minimum absolute atomic E-state index is 0.0838. The quantitative estimate of drug-likeness (QED) is 0.393. The summed E-state index contributed by atoms with van der Waals surface area (Å²) in [5.41, 5.74) is 3.13. The predicted molar refractivity (Wildman–Crippen MR) is 145 cm³/mol. The molecule has 198 valence electrons. The van der Waals surface area contributed by atoms with Crippen LogP contribution in [0.3, 0.4) is 0 Å². The lowest BCUT2D eigenvalue weighted by atomic mass is 10.1. The smallest absolute Gasteiger partial charge is 0.240 e. The molecular weight excluding hydrogens is 526 g/mol. The second kappa shape index (κ2) is 12.0. The first-order valence-corrected chi connectivity index (χ1v) is 14.0. The highest BCUT2D eigenvalue weighted by Gasteiger charge is 2.23. The van der Waals surface area contributed by atoms with E-state index in [0.29, 0.717) is 59.4 Å². The number of hydrogen-bond donors (Lipinski definition) is 2. The molecule has 1 heterocycles. The third-order valence-corrected chi connectivity index (χ3v) is 7.91. The first-order chi connectivity index (χ1) is 18.1. The minimum Gasteiger partial charge on any atom is -0.457 e. The molecule has 0 spiro atoms. The molecule has 1 amide bonds. The van der Waals surface area contributed by atoms with Crippen LogP contribution in [0.4, 0.5) is 5.69 Å². The van der Waals surface area contributed by atoms with Gasteiger partial charge in [0.05, 0.1) is 22.9 Å². The Balaban J connectivity index is 1.42. The highest BCUT2D eigenvalue weighted by Crippen LogP contribution is 2.29. The summed E-state index contributed by atoms with van der Waals surface area (Å²) in [6, 6.07) is 16.8. The topological polar surface area (TPSA) is 118 Å². The molecule has 0 radical (unpaired) electrons. The molecule has 0 bridgehead atoms. The molecule has 10 heteroatoms. The Kier molecular flexibility index (Phi) is 8.69. The van der Waals surface area contributed by atoms with E-state index >= 15 is 0 Å². The van der Waals surface area contributed by atoms with Gasteiger partial charge in [0.25, 0.3) is 0 Å². The van der Waals surface area contributed by atoms with Gasteiger partial charge in [-0.3, -0.25) is 4.79 Å². The van der Waals surface area contributed by atoms with E-state index in [1.807, 2.05) is 25.1 Å². The maximum atomic E-state index is 12.8. The van der Waals surface area contributed by atoms with Crippen LogP contribution in [-0.4, -0.2) is 33.6 Å². The van der Waals surface area contributed by atoms with Gasteiger partial charge in [0.15, 0.2) is 0 Å². The predicted octanol–water partition coefficient (Wildman–Crippen LogP) is 5.26. The summed E-state index contributed by atoms with van der Waals surface area (Å²) in [6.45, 7) is 4.70. The number of anilines is 1. The van der Waals surface area contributed by atoms with Crippen LogP contribution in [0.25, 0.3) is 0 Å². The van der Waals surface area contributed by atoms with Crippen molar-refractivity contribution in [3.8, 4) is 17.6 Å². The summed E-state index contributed by atoms with van der Waals surface area (Å²) in [5, 5.41) is 12.4. The van der Waals surface area contributed by atoms with E-state index in [4.69, 9.17) is 26.3 Å². The van der Waals surface area contributed by atoms with Gasteiger partial charge in [-0.05, 0) is 85.8 Å². The summed E-state index contributed by atoms with van der Waals surface area (Å²) in [4.78, 5) is 13.0. The molecule has 2 N–H and O–H groups in total. The van der Waals surface area contributed by atoms with Gasteiger partial charge in [-0.2, -0.15) is 5.26 Å². The number of nitrogens with one attached hydrogen (secondary N) is 2. The van der Waals surface area contributed by atoms with E-state index in [9.17, 15) is 13.2 Å². The van der Waals surface area contributed by atoms with Crippen LogP contribution >= 0.6 is 11.6 Å². The van der Waals surface area contributed by atoms with Crippen molar-refractivity contribution in [2.24, 2.45) is 0 Å². The van der Waals surface area contributed by atoms with Gasteiger partial charge in [0, 0.05) is 30.0 Å². The van der Waals surface area contributed by atoms with Gasteiger partial charge in [-0.15, -0.1) is 0 Å².